The highest BCUT2D eigenvalue weighted by atomic mass is 32.1. The fraction of sp³-hybridized carbons (Fsp3) is 0.0169. The minimum atomic E-state index is -0.455. The van der Waals surface area contributed by atoms with Crippen LogP contribution in [0.25, 0.3) is 73.4 Å². The number of fused-ring (bicyclic) bond motifs is 10. The Morgan fingerprint density at radius 3 is 1.69 bits per heavy atom. The van der Waals surface area contributed by atoms with Gasteiger partial charge in [-0.3, -0.25) is 0 Å². The Morgan fingerprint density at radius 2 is 0.887 bits per heavy atom. The van der Waals surface area contributed by atoms with E-state index in [9.17, 15) is 0 Å². The third-order valence-corrected chi connectivity index (χ3v) is 15.4. The molecule has 0 saturated carbocycles. The zero-order chi connectivity index (χ0) is 40.8. The average molecular weight is 824 g/mol. The molecule has 0 atom stereocenters. The first-order valence-electron chi connectivity index (χ1n) is 21.2. The van der Waals surface area contributed by atoms with Gasteiger partial charge >= 0.3 is 0 Å². The van der Waals surface area contributed by atoms with Crippen LogP contribution in [0, 0.1) is 0 Å². The third-order valence-electron chi connectivity index (χ3n) is 13.1. The van der Waals surface area contributed by atoms with Crippen molar-refractivity contribution in [3.05, 3.63) is 247 Å². The average Bonchev–Trinajstić information content (AvgIpc) is 3.99. The number of benzene rings is 10. The summed E-state index contributed by atoms with van der Waals surface area (Å²) in [6.07, 6.45) is 0. The van der Waals surface area contributed by atoms with E-state index in [1.807, 2.05) is 22.7 Å². The Bertz CT molecular complexity index is 3650. The zero-order valence-corrected chi connectivity index (χ0v) is 35.3. The molecule has 0 fully saturated rings. The standard InChI is InChI=1S/C59H37NS2/c1-3-16-41(17-4-1)59(42-18-5-2-6-19-42)52-23-11-9-20-47(52)49-36-44(30-32-53(49)59)60(45-31-33-55-51(37-45)50-34-39-14-7-8-15-40(39)35-57(50)62-55)43-28-26-38(27-29-43)46-22-13-25-56-58(46)48-21-10-12-24-54(48)61-56/h1-37H. The van der Waals surface area contributed by atoms with Crippen molar-refractivity contribution >= 4 is 90.9 Å². The van der Waals surface area contributed by atoms with Gasteiger partial charge in [-0.05, 0) is 122 Å². The van der Waals surface area contributed by atoms with E-state index < -0.39 is 5.41 Å². The molecule has 62 heavy (non-hydrogen) atoms. The van der Waals surface area contributed by atoms with Gasteiger partial charge in [-0.1, -0.05) is 158 Å². The Morgan fingerprint density at radius 1 is 0.323 bits per heavy atom. The second-order valence-electron chi connectivity index (χ2n) is 16.4. The molecule has 0 saturated heterocycles. The molecule has 0 spiro atoms. The van der Waals surface area contributed by atoms with E-state index in [4.69, 9.17) is 0 Å². The van der Waals surface area contributed by atoms with Gasteiger partial charge in [0.25, 0.3) is 0 Å². The van der Waals surface area contributed by atoms with Crippen LogP contribution in [0.3, 0.4) is 0 Å². The highest BCUT2D eigenvalue weighted by molar-refractivity contribution is 7.26. The summed E-state index contributed by atoms with van der Waals surface area (Å²) in [7, 11) is 0. The van der Waals surface area contributed by atoms with E-state index in [-0.39, 0.29) is 0 Å². The highest BCUT2D eigenvalue weighted by Gasteiger charge is 2.46. The number of hydrogen-bond donors (Lipinski definition) is 0. The molecule has 1 aliphatic carbocycles. The Hall–Kier alpha value is -7.30. The van der Waals surface area contributed by atoms with Crippen molar-refractivity contribution in [2.24, 2.45) is 0 Å². The Balaban J connectivity index is 1.03. The van der Waals surface area contributed by atoms with E-state index in [2.05, 4.69) is 229 Å². The van der Waals surface area contributed by atoms with Crippen molar-refractivity contribution in [1.82, 2.24) is 0 Å². The third kappa shape index (κ3) is 5.26. The number of anilines is 3. The van der Waals surface area contributed by atoms with Crippen molar-refractivity contribution in [3.8, 4) is 22.3 Å². The van der Waals surface area contributed by atoms with Gasteiger partial charge in [0, 0.05) is 57.4 Å². The normalized spacial score (nSPS) is 13.0. The summed E-state index contributed by atoms with van der Waals surface area (Å²) in [5, 5.41) is 7.78. The molecule has 0 bridgehead atoms. The van der Waals surface area contributed by atoms with Crippen LogP contribution in [0.15, 0.2) is 224 Å². The fourth-order valence-electron chi connectivity index (χ4n) is 10.4. The minimum Gasteiger partial charge on any atom is -0.310 e. The molecule has 1 aliphatic rings. The van der Waals surface area contributed by atoms with Gasteiger partial charge in [0.1, 0.15) is 0 Å². The fourth-order valence-corrected chi connectivity index (χ4v) is 12.7. The summed E-state index contributed by atoms with van der Waals surface area (Å²) in [4.78, 5) is 2.46. The van der Waals surface area contributed by atoms with Crippen LogP contribution in [0.1, 0.15) is 22.3 Å². The van der Waals surface area contributed by atoms with Crippen LogP contribution in [0.5, 0.6) is 0 Å². The second kappa shape index (κ2) is 13.9. The lowest BCUT2D eigenvalue weighted by atomic mass is 9.68. The van der Waals surface area contributed by atoms with Gasteiger partial charge < -0.3 is 4.90 Å². The maximum Gasteiger partial charge on any atom is 0.0713 e. The lowest BCUT2D eigenvalue weighted by Crippen LogP contribution is -2.28. The van der Waals surface area contributed by atoms with Crippen molar-refractivity contribution in [2.45, 2.75) is 5.41 Å². The van der Waals surface area contributed by atoms with Crippen LogP contribution in [0.2, 0.25) is 0 Å². The van der Waals surface area contributed by atoms with E-state index in [1.165, 1.54) is 95.6 Å². The zero-order valence-electron chi connectivity index (χ0n) is 33.6. The largest absolute Gasteiger partial charge is 0.310 e. The number of nitrogens with zero attached hydrogens (tertiary/aromatic N) is 1. The van der Waals surface area contributed by atoms with E-state index in [1.54, 1.807) is 0 Å². The molecule has 0 N–H and O–H groups in total. The maximum absolute atomic E-state index is 2.46. The summed E-state index contributed by atoms with van der Waals surface area (Å²) in [5.41, 5.74) is 13.1. The Kier molecular flexibility index (Phi) is 7.93. The molecule has 0 unspecified atom stereocenters. The van der Waals surface area contributed by atoms with Crippen LogP contribution in [-0.4, -0.2) is 0 Å². The van der Waals surface area contributed by atoms with Crippen molar-refractivity contribution in [2.75, 3.05) is 4.90 Å². The number of thiophene rings is 2. The van der Waals surface area contributed by atoms with Gasteiger partial charge in [0.2, 0.25) is 0 Å². The summed E-state index contributed by atoms with van der Waals surface area (Å²) in [6.45, 7) is 0. The van der Waals surface area contributed by atoms with Gasteiger partial charge in [-0.25, -0.2) is 0 Å². The lowest BCUT2D eigenvalue weighted by molar-refractivity contribution is 0.768. The summed E-state index contributed by atoms with van der Waals surface area (Å²) >= 11 is 3.75. The molecular formula is C59H37NS2. The van der Waals surface area contributed by atoms with E-state index >= 15 is 0 Å². The van der Waals surface area contributed by atoms with Crippen LogP contribution in [-0.2, 0) is 5.41 Å². The van der Waals surface area contributed by atoms with E-state index in [0.717, 1.165) is 17.1 Å². The molecule has 0 aliphatic heterocycles. The van der Waals surface area contributed by atoms with Crippen molar-refractivity contribution < 1.29 is 0 Å². The molecule has 10 aromatic carbocycles. The summed E-state index contributed by atoms with van der Waals surface area (Å²) in [6, 6.07) is 83.6. The van der Waals surface area contributed by atoms with Gasteiger partial charge in [0.15, 0.2) is 0 Å². The first-order chi connectivity index (χ1) is 30.7. The molecule has 0 radical (unpaired) electrons. The Labute approximate surface area is 368 Å². The van der Waals surface area contributed by atoms with Crippen molar-refractivity contribution in [1.29, 1.82) is 0 Å². The predicted octanol–water partition coefficient (Wildman–Crippen LogP) is 17.1. The van der Waals surface area contributed by atoms with Crippen molar-refractivity contribution in [3.63, 3.8) is 0 Å². The molecule has 2 aromatic heterocycles. The molecular weight excluding hydrogens is 787 g/mol. The van der Waals surface area contributed by atoms with Gasteiger partial charge in [-0.15, -0.1) is 22.7 Å². The molecule has 13 rings (SSSR count). The minimum absolute atomic E-state index is 0.455. The van der Waals surface area contributed by atoms with Crippen LogP contribution >= 0.6 is 22.7 Å². The topological polar surface area (TPSA) is 3.24 Å². The molecule has 0 amide bonds. The molecule has 290 valence electrons. The van der Waals surface area contributed by atoms with Gasteiger partial charge in [0.05, 0.1) is 5.41 Å². The summed E-state index contributed by atoms with van der Waals surface area (Å²) in [5.74, 6) is 0. The molecule has 3 heteroatoms. The SMILES string of the molecule is c1ccc(C2(c3ccccc3)c3ccccc3-c3cc(N(c4ccc(-c5cccc6sc7ccccc7c56)cc4)c4ccc5sc6cc7ccccc7cc6c5c4)ccc32)cc1. The smallest absolute Gasteiger partial charge is 0.0713 e. The first kappa shape index (κ1) is 35.5. The predicted molar refractivity (Wildman–Crippen MR) is 267 cm³/mol. The summed E-state index contributed by atoms with van der Waals surface area (Å²) < 4.78 is 5.25. The molecule has 1 nitrogen and oxygen atoms in total. The van der Waals surface area contributed by atoms with Gasteiger partial charge in [-0.2, -0.15) is 0 Å². The lowest BCUT2D eigenvalue weighted by Gasteiger charge is -2.34. The monoisotopic (exact) mass is 823 g/mol. The molecule has 12 aromatic rings. The van der Waals surface area contributed by atoms with Crippen LogP contribution in [0.4, 0.5) is 17.1 Å². The number of rotatable bonds is 6. The van der Waals surface area contributed by atoms with E-state index in [0.29, 0.717) is 0 Å². The first-order valence-corrected chi connectivity index (χ1v) is 22.9. The molecule has 2 heterocycles. The van der Waals surface area contributed by atoms with Crippen LogP contribution < -0.4 is 4.90 Å². The quantitative estimate of drug-likeness (QED) is 0.161. The number of hydrogen-bond acceptors (Lipinski definition) is 3. The highest BCUT2D eigenvalue weighted by Crippen LogP contribution is 2.57. The second-order valence-corrected chi connectivity index (χ2v) is 18.6. The maximum atomic E-state index is 2.46.